The van der Waals surface area contributed by atoms with Gasteiger partial charge in [-0.05, 0) is 76.2 Å². The molecular weight excluding hydrogens is 653 g/mol. The molecule has 6 rings (SSSR count). The molecule has 14 heteroatoms. The summed E-state index contributed by atoms with van der Waals surface area (Å²) in [4.78, 5) is 11.2. The summed E-state index contributed by atoms with van der Waals surface area (Å²) in [5, 5.41) is 20.7. The van der Waals surface area contributed by atoms with Gasteiger partial charge in [-0.2, -0.15) is 10.2 Å². The van der Waals surface area contributed by atoms with Crippen LogP contribution in [-0.2, 0) is 33.8 Å². The maximum Gasteiger partial charge on any atom is 0.270 e. The second-order valence-corrected chi connectivity index (χ2v) is 16.9. The van der Waals surface area contributed by atoms with Crippen molar-refractivity contribution in [2.24, 2.45) is 14.1 Å². The number of hydrogen-bond donors (Lipinski definition) is 1. The average molecular weight is 689 g/mol. The minimum atomic E-state index is -3.35. The Labute approximate surface area is 278 Å². The number of nitrogen functional groups attached to an aromatic ring is 1. The van der Waals surface area contributed by atoms with Crippen LogP contribution in [0.2, 0.25) is 0 Å². The third-order valence-corrected chi connectivity index (χ3v) is 12.4. The van der Waals surface area contributed by atoms with Crippen LogP contribution in [0.4, 0.5) is 11.4 Å². The smallest absolute Gasteiger partial charge is 0.270 e. The first kappa shape index (κ1) is 34.3. The van der Waals surface area contributed by atoms with Crippen molar-refractivity contribution in [1.29, 1.82) is 0 Å². The molecule has 0 aliphatic carbocycles. The Morgan fingerprint density at radius 1 is 0.646 bits per heavy atom. The fourth-order valence-electron chi connectivity index (χ4n) is 5.23. The van der Waals surface area contributed by atoms with E-state index in [0.717, 1.165) is 27.7 Å². The first-order chi connectivity index (χ1) is 22.5. The van der Waals surface area contributed by atoms with Crippen LogP contribution in [0.5, 0.6) is 0 Å². The van der Waals surface area contributed by atoms with E-state index in [1.807, 2.05) is 25.2 Å². The van der Waals surface area contributed by atoms with Crippen LogP contribution in [0.25, 0.3) is 44.3 Å². The first-order valence-electron chi connectivity index (χ1n) is 15.0. The Hall–Kier alpha value is -5.08. The summed E-state index contributed by atoms with van der Waals surface area (Å²) in [5.41, 5.74) is 11.2. The van der Waals surface area contributed by atoms with E-state index in [1.165, 1.54) is 12.1 Å². The lowest BCUT2D eigenvalue weighted by atomic mass is 10.1. The molecule has 0 atom stereocenters. The van der Waals surface area contributed by atoms with Crippen molar-refractivity contribution in [3.05, 3.63) is 95.0 Å². The second-order valence-electron chi connectivity index (χ2n) is 11.9. The Morgan fingerprint density at radius 3 is 1.44 bits per heavy atom. The van der Waals surface area contributed by atoms with E-state index in [9.17, 15) is 26.9 Å². The van der Waals surface area contributed by atoms with Crippen molar-refractivity contribution in [1.82, 2.24) is 19.6 Å². The van der Waals surface area contributed by atoms with Crippen molar-refractivity contribution in [3.63, 3.8) is 0 Å². The quantitative estimate of drug-likeness (QED) is 0.114. The zero-order chi connectivity index (χ0) is 35.1. The molecule has 0 aliphatic heterocycles. The largest absolute Gasteiger partial charge is 0.399 e. The van der Waals surface area contributed by atoms with E-state index in [0.29, 0.717) is 27.2 Å². The van der Waals surface area contributed by atoms with Gasteiger partial charge in [-0.3, -0.25) is 19.5 Å². The Balaban J connectivity index is 0.000000188. The van der Waals surface area contributed by atoms with Crippen molar-refractivity contribution in [2.45, 2.75) is 48.0 Å². The monoisotopic (exact) mass is 688 g/mol. The number of fused-ring (bicyclic) bond motifs is 2. The number of aryl methyl sites for hydroxylation is 2. The number of benzene rings is 4. The highest BCUT2D eigenvalue weighted by Crippen LogP contribution is 2.32. The van der Waals surface area contributed by atoms with Crippen LogP contribution in [0.15, 0.2) is 94.7 Å². The van der Waals surface area contributed by atoms with Gasteiger partial charge >= 0.3 is 0 Å². The lowest BCUT2D eigenvalue weighted by Crippen LogP contribution is -2.13. The molecule has 0 fully saturated rings. The van der Waals surface area contributed by atoms with Gasteiger partial charge < -0.3 is 5.73 Å². The molecule has 0 bridgehead atoms. The Bertz CT molecular complexity index is 2380. The highest BCUT2D eigenvalue weighted by atomic mass is 32.2. The number of nitro groups is 1. The molecule has 250 valence electrons. The summed E-state index contributed by atoms with van der Waals surface area (Å²) in [7, 11) is -2.98. The molecule has 2 heterocycles. The number of nitrogens with zero attached hydrogens (tertiary/aromatic N) is 5. The molecule has 2 aromatic heterocycles. The molecular formula is C34H36N6O6S2. The standard InChI is InChI=1S/C17H17N3O4S.C17H19N3O2S/c1-11(2)25(23,24)14-7-4-12(5-8-14)17-15-10-13(20(21)22)6-9-16(15)19(3)18-17;1-11(2)23(21,22)14-7-4-12(5-8-14)17-15-10-13(18)6-9-16(15)20(3)19-17/h4-11H,1-3H3;4-11H,18H2,1-3H3. The highest BCUT2D eigenvalue weighted by molar-refractivity contribution is 7.92. The van der Waals surface area contributed by atoms with E-state index in [-0.39, 0.29) is 10.6 Å². The third-order valence-electron chi connectivity index (χ3n) is 8.07. The van der Waals surface area contributed by atoms with Crippen LogP contribution in [0.1, 0.15) is 27.7 Å². The normalized spacial score (nSPS) is 12.1. The summed E-state index contributed by atoms with van der Waals surface area (Å²) < 4.78 is 52.3. The number of aromatic nitrogens is 4. The molecule has 0 unspecified atom stereocenters. The number of rotatable bonds is 7. The third kappa shape index (κ3) is 6.40. The van der Waals surface area contributed by atoms with E-state index in [1.54, 1.807) is 98.7 Å². The SMILES string of the molecule is CC(C)S(=O)(=O)c1ccc(-c2nn(C)c3ccc(N)cc23)cc1.CC(C)S(=O)(=O)c1ccc(-c2nn(C)c3ccc([N+](=O)[O-])cc23)cc1. The zero-order valence-electron chi connectivity index (χ0n) is 27.3. The van der Waals surface area contributed by atoms with Gasteiger partial charge in [-0.15, -0.1) is 0 Å². The molecule has 48 heavy (non-hydrogen) atoms. The van der Waals surface area contributed by atoms with Crippen LogP contribution >= 0.6 is 0 Å². The number of nitro benzene ring substituents is 1. The molecule has 0 aliphatic rings. The number of anilines is 1. The van der Waals surface area contributed by atoms with E-state index >= 15 is 0 Å². The van der Waals surface area contributed by atoms with Crippen LogP contribution in [0, 0.1) is 10.1 Å². The number of sulfone groups is 2. The minimum absolute atomic E-state index is 0.0132. The van der Waals surface area contributed by atoms with Crippen LogP contribution in [-0.4, -0.2) is 51.8 Å². The van der Waals surface area contributed by atoms with E-state index in [2.05, 4.69) is 10.2 Å². The lowest BCUT2D eigenvalue weighted by Gasteiger charge is -2.08. The average Bonchev–Trinajstić information content (AvgIpc) is 3.56. The number of hydrogen-bond acceptors (Lipinski definition) is 9. The van der Waals surface area contributed by atoms with Gasteiger partial charge in [0.15, 0.2) is 19.7 Å². The van der Waals surface area contributed by atoms with Gasteiger partial charge in [0.25, 0.3) is 5.69 Å². The van der Waals surface area contributed by atoms with Gasteiger partial charge in [-0.1, -0.05) is 24.3 Å². The summed E-state index contributed by atoms with van der Waals surface area (Å²) in [6.45, 7) is 6.62. The number of non-ortho nitro benzene ring substituents is 1. The topological polar surface area (TPSA) is 173 Å². The van der Waals surface area contributed by atoms with Gasteiger partial charge in [0.1, 0.15) is 11.4 Å². The molecule has 0 saturated carbocycles. The fraction of sp³-hybridized carbons (Fsp3) is 0.235. The Morgan fingerprint density at radius 2 is 1.04 bits per heavy atom. The lowest BCUT2D eigenvalue weighted by molar-refractivity contribution is -0.384. The van der Waals surface area contributed by atoms with Crippen molar-refractivity contribution in [3.8, 4) is 22.5 Å². The molecule has 0 radical (unpaired) electrons. The summed E-state index contributed by atoms with van der Waals surface area (Å²) in [5.74, 6) is 0. The molecule has 2 N–H and O–H groups in total. The first-order valence-corrected chi connectivity index (χ1v) is 18.1. The minimum Gasteiger partial charge on any atom is -0.399 e. The highest BCUT2D eigenvalue weighted by Gasteiger charge is 2.21. The molecule has 6 aromatic rings. The molecule has 0 spiro atoms. The van der Waals surface area contributed by atoms with Gasteiger partial charge in [-0.25, -0.2) is 16.8 Å². The summed E-state index contributed by atoms with van der Waals surface area (Å²) in [6, 6.07) is 23.5. The van der Waals surface area contributed by atoms with Gasteiger partial charge in [0.05, 0.1) is 36.2 Å². The Kier molecular flexibility index (Phi) is 9.17. The zero-order valence-corrected chi connectivity index (χ0v) is 29.0. The molecule has 0 saturated heterocycles. The predicted molar refractivity (Wildman–Crippen MR) is 188 cm³/mol. The maximum atomic E-state index is 12.2. The van der Waals surface area contributed by atoms with Crippen molar-refractivity contribution >= 4 is 52.9 Å². The maximum absolute atomic E-state index is 12.2. The van der Waals surface area contributed by atoms with Crippen molar-refractivity contribution < 1.29 is 21.8 Å². The number of nitrogens with two attached hydrogens (primary N) is 1. The summed E-state index contributed by atoms with van der Waals surface area (Å²) >= 11 is 0. The van der Waals surface area contributed by atoms with Crippen molar-refractivity contribution in [2.75, 3.05) is 5.73 Å². The molecule has 0 amide bonds. The van der Waals surface area contributed by atoms with Crippen LogP contribution in [0.3, 0.4) is 0 Å². The van der Waals surface area contributed by atoms with E-state index in [4.69, 9.17) is 5.73 Å². The second kappa shape index (κ2) is 12.8. The van der Waals surface area contributed by atoms with E-state index < -0.39 is 35.1 Å². The van der Waals surface area contributed by atoms with Crippen LogP contribution < -0.4 is 5.73 Å². The fourth-order valence-corrected chi connectivity index (χ4v) is 7.35. The predicted octanol–water partition coefficient (Wildman–Crippen LogP) is 6.34. The van der Waals surface area contributed by atoms with Gasteiger partial charge in [0, 0.05) is 53.8 Å². The molecule has 12 nitrogen and oxygen atoms in total. The summed E-state index contributed by atoms with van der Waals surface area (Å²) in [6.07, 6.45) is 0. The molecule has 4 aromatic carbocycles. The van der Waals surface area contributed by atoms with Gasteiger partial charge in [0.2, 0.25) is 0 Å².